The van der Waals surface area contributed by atoms with Crippen molar-refractivity contribution in [3.05, 3.63) is 29.9 Å². The van der Waals surface area contributed by atoms with Gasteiger partial charge in [-0.05, 0) is 13.8 Å². The Labute approximate surface area is 150 Å². The topological polar surface area (TPSA) is 114 Å². The van der Waals surface area contributed by atoms with E-state index in [1.165, 1.54) is 12.4 Å². The molecular weight excluding hydrogens is 340 g/mol. The number of aromatic nitrogens is 3. The summed E-state index contributed by atoms with van der Waals surface area (Å²) in [6.07, 6.45) is 2.53. The van der Waals surface area contributed by atoms with Crippen LogP contribution in [0.2, 0.25) is 0 Å². The van der Waals surface area contributed by atoms with E-state index in [0.29, 0.717) is 50.2 Å². The number of carbonyl (C=O) groups excluding carboxylic acids is 2. The highest BCUT2D eigenvalue weighted by Gasteiger charge is 2.26. The van der Waals surface area contributed by atoms with Crippen molar-refractivity contribution in [2.45, 2.75) is 13.8 Å². The molecule has 3 heterocycles. The van der Waals surface area contributed by atoms with E-state index >= 15 is 0 Å². The molecule has 2 aromatic heterocycles. The van der Waals surface area contributed by atoms with Gasteiger partial charge < -0.3 is 24.4 Å². The van der Waals surface area contributed by atoms with Crippen molar-refractivity contribution >= 4 is 23.6 Å². The summed E-state index contributed by atoms with van der Waals surface area (Å²) in [5.74, 6) is 1.44. The fourth-order valence-electron chi connectivity index (χ4n) is 2.53. The molecule has 138 valence electrons. The van der Waals surface area contributed by atoms with E-state index in [2.05, 4.69) is 20.4 Å². The van der Waals surface area contributed by atoms with Crippen LogP contribution in [0.15, 0.2) is 23.0 Å². The minimum absolute atomic E-state index is 0.218. The van der Waals surface area contributed by atoms with Gasteiger partial charge in [-0.2, -0.15) is 0 Å². The van der Waals surface area contributed by atoms with E-state index in [-0.39, 0.29) is 17.7 Å². The number of nitrogens with zero attached hydrogens (tertiary/aromatic N) is 5. The number of piperazine rings is 1. The zero-order valence-corrected chi connectivity index (χ0v) is 14.6. The van der Waals surface area contributed by atoms with Crippen LogP contribution in [-0.2, 0) is 4.74 Å². The minimum Gasteiger partial charge on any atom is -0.450 e. The number of rotatable bonds is 4. The molecule has 10 heteroatoms. The van der Waals surface area contributed by atoms with E-state index < -0.39 is 0 Å². The maximum Gasteiger partial charge on any atom is 0.409 e. The zero-order chi connectivity index (χ0) is 18.5. The van der Waals surface area contributed by atoms with Crippen molar-refractivity contribution in [3.8, 4) is 0 Å². The van der Waals surface area contributed by atoms with Crippen molar-refractivity contribution in [3.63, 3.8) is 0 Å². The van der Waals surface area contributed by atoms with Crippen LogP contribution in [0.4, 0.5) is 16.4 Å². The first kappa shape index (κ1) is 17.6. The van der Waals surface area contributed by atoms with Crippen LogP contribution in [-0.4, -0.2) is 69.7 Å². The summed E-state index contributed by atoms with van der Waals surface area (Å²) in [4.78, 5) is 35.8. The van der Waals surface area contributed by atoms with Crippen molar-refractivity contribution in [1.29, 1.82) is 0 Å². The Morgan fingerprint density at radius 2 is 1.88 bits per heavy atom. The number of nitrogens with one attached hydrogen (secondary N) is 1. The van der Waals surface area contributed by atoms with Gasteiger partial charge in [-0.1, -0.05) is 5.16 Å². The molecule has 3 rings (SSSR count). The van der Waals surface area contributed by atoms with Crippen molar-refractivity contribution in [2.75, 3.05) is 38.1 Å². The van der Waals surface area contributed by atoms with Crippen LogP contribution in [0.5, 0.6) is 0 Å². The largest absolute Gasteiger partial charge is 0.450 e. The number of hydrogen-bond acceptors (Lipinski definition) is 8. The molecule has 26 heavy (non-hydrogen) atoms. The molecule has 1 aliphatic heterocycles. The predicted octanol–water partition coefficient (Wildman–Crippen LogP) is 1.43. The Morgan fingerprint density at radius 1 is 1.15 bits per heavy atom. The molecule has 0 radical (unpaired) electrons. The van der Waals surface area contributed by atoms with Crippen LogP contribution in [0.3, 0.4) is 0 Å². The Kier molecular flexibility index (Phi) is 5.30. The minimum atomic E-state index is -0.349. The number of ether oxygens (including phenoxy) is 1. The lowest BCUT2D eigenvalue weighted by Crippen LogP contribution is -2.50. The average Bonchev–Trinajstić information content (AvgIpc) is 3.07. The Hall–Kier alpha value is -3.17. The first-order valence-corrected chi connectivity index (χ1v) is 8.30. The predicted molar refractivity (Wildman–Crippen MR) is 91.1 cm³/mol. The number of anilines is 2. The zero-order valence-electron chi connectivity index (χ0n) is 14.6. The van der Waals surface area contributed by atoms with Crippen LogP contribution in [0, 0.1) is 6.92 Å². The summed E-state index contributed by atoms with van der Waals surface area (Å²) in [5, 5.41) is 6.74. The third-order valence-corrected chi connectivity index (χ3v) is 3.85. The standard InChI is InChI=1S/C16H20N6O4/c1-3-25-16(24)22-6-4-21(5-7-22)15(23)12-9-18-14(10-17-12)19-13-8-11(2)26-20-13/h8-10H,3-7H2,1-2H3,(H,18,19,20). The maximum atomic E-state index is 12.5. The number of carbonyl (C=O) groups is 2. The van der Waals surface area contributed by atoms with Gasteiger partial charge in [-0.25, -0.2) is 14.8 Å². The van der Waals surface area contributed by atoms with Gasteiger partial charge in [0.15, 0.2) is 5.82 Å². The fraction of sp³-hybridized carbons (Fsp3) is 0.438. The molecule has 0 aromatic carbocycles. The first-order valence-electron chi connectivity index (χ1n) is 8.30. The second kappa shape index (κ2) is 7.81. The number of amides is 2. The monoisotopic (exact) mass is 360 g/mol. The van der Waals surface area contributed by atoms with E-state index in [9.17, 15) is 9.59 Å². The molecule has 0 bridgehead atoms. The molecule has 10 nitrogen and oxygen atoms in total. The van der Waals surface area contributed by atoms with Gasteiger partial charge in [-0.15, -0.1) is 0 Å². The molecule has 2 aromatic rings. The summed E-state index contributed by atoms with van der Waals surface area (Å²) >= 11 is 0. The van der Waals surface area contributed by atoms with Crippen LogP contribution >= 0.6 is 0 Å². The molecular formula is C16H20N6O4. The van der Waals surface area contributed by atoms with Crippen LogP contribution < -0.4 is 5.32 Å². The lowest BCUT2D eigenvalue weighted by molar-refractivity contribution is 0.0565. The van der Waals surface area contributed by atoms with Crippen molar-refractivity contribution in [2.24, 2.45) is 0 Å². The van der Waals surface area contributed by atoms with Gasteiger partial charge in [0.2, 0.25) is 0 Å². The smallest absolute Gasteiger partial charge is 0.409 e. The summed E-state index contributed by atoms with van der Waals surface area (Å²) in [5.41, 5.74) is 0.247. The molecule has 0 spiro atoms. The molecule has 1 aliphatic rings. The highest BCUT2D eigenvalue weighted by Crippen LogP contribution is 2.14. The summed E-state index contributed by atoms with van der Waals surface area (Å²) in [6.45, 7) is 5.61. The Bertz CT molecular complexity index is 767. The van der Waals surface area contributed by atoms with Gasteiger partial charge in [-0.3, -0.25) is 4.79 Å². The molecule has 1 N–H and O–H groups in total. The number of aryl methyl sites for hydroxylation is 1. The van der Waals surface area contributed by atoms with E-state index in [1.807, 2.05) is 0 Å². The molecule has 0 saturated carbocycles. The van der Waals surface area contributed by atoms with Gasteiger partial charge in [0.05, 0.1) is 19.0 Å². The second-order valence-corrected chi connectivity index (χ2v) is 5.71. The summed E-state index contributed by atoms with van der Waals surface area (Å²) in [6, 6.07) is 1.73. The average molecular weight is 360 g/mol. The second-order valence-electron chi connectivity index (χ2n) is 5.71. The Morgan fingerprint density at radius 3 is 2.46 bits per heavy atom. The van der Waals surface area contributed by atoms with E-state index in [4.69, 9.17) is 9.26 Å². The fourth-order valence-corrected chi connectivity index (χ4v) is 2.53. The molecule has 1 saturated heterocycles. The highest BCUT2D eigenvalue weighted by atomic mass is 16.6. The molecule has 0 unspecified atom stereocenters. The lowest BCUT2D eigenvalue weighted by atomic mass is 10.3. The van der Waals surface area contributed by atoms with Crippen molar-refractivity contribution in [1.82, 2.24) is 24.9 Å². The normalized spacial score (nSPS) is 14.2. The first-order chi connectivity index (χ1) is 12.6. The van der Waals surface area contributed by atoms with E-state index in [1.54, 1.807) is 29.7 Å². The third-order valence-electron chi connectivity index (χ3n) is 3.85. The molecule has 2 amide bonds. The maximum absolute atomic E-state index is 12.5. The van der Waals surface area contributed by atoms with Crippen molar-refractivity contribution < 1.29 is 18.8 Å². The third kappa shape index (κ3) is 4.08. The van der Waals surface area contributed by atoms with Gasteiger partial charge >= 0.3 is 6.09 Å². The van der Waals surface area contributed by atoms with E-state index in [0.717, 1.165) is 0 Å². The SMILES string of the molecule is CCOC(=O)N1CCN(C(=O)c2cnc(Nc3cc(C)on3)cn2)CC1. The van der Waals surface area contributed by atoms with Crippen LogP contribution in [0.25, 0.3) is 0 Å². The summed E-state index contributed by atoms with van der Waals surface area (Å²) in [7, 11) is 0. The van der Waals surface area contributed by atoms with Crippen LogP contribution in [0.1, 0.15) is 23.2 Å². The molecule has 0 atom stereocenters. The Balaban J connectivity index is 1.56. The highest BCUT2D eigenvalue weighted by molar-refractivity contribution is 5.92. The van der Waals surface area contributed by atoms with Gasteiger partial charge in [0.1, 0.15) is 17.3 Å². The summed E-state index contributed by atoms with van der Waals surface area (Å²) < 4.78 is 9.93. The lowest BCUT2D eigenvalue weighted by Gasteiger charge is -2.33. The van der Waals surface area contributed by atoms with Gasteiger partial charge in [0, 0.05) is 32.2 Å². The van der Waals surface area contributed by atoms with Gasteiger partial charge in [0.25, 0.3) is 5.91 Å². The quantitative estimate of drug-likeness (QED) is 0.871. The number of hydrogen-bond donors (Lipinski definition) is 1. The molecule has 1 fully saturated rings. The molecule has 0 aliphatic carbocycles.